The number of hydrogen-bond donors (Lipinski definition) is 0. The Hall–Kier alpha value is -0.170. The molecular formula is C10H18O5S. The van der Waals surface area contributed by atoms with Crippen LogP contribution in [0.3, 0.4) is 0 Å². The van der Waals surface area contributed by atoms with Crippen molar-refractivity contribution in [3.05, 3.63) is 0 Å². The normalized spacial score (nSPS) is 31.6. The standard InChI is InChI=1S/C10H18O5S/c1-9(2)6-10(7-9)13-4-8(15-10)5-14-16(3,11)12/h8H,4-7H2,1-3H3. The Kier molecular flexibility index (Phi) is 2.81. The lowest BCUT2D eigenvalue weighted by Gasteiger charge is -2.49. The molecular weight excluding hydrogens is 232 g/mol. The zero-order valence-corrected chi connectivity index (χ0v) is 10.7. The summed E-state index contributed by atoms with van der Waals surface area (Å²) in [5.41, 5.74) is 0.257. The van der Waals surface area contributed by atoms with E-state index in [9.17, 15) is 8.42 Å². The van der Waals surface area contributed by atoms with Gasteiger partial charge in [0.15, 0.2) is 5.79 Å². The highest BCUT2D eigenvalue weighted by molar-refractivity contribution is 7.85. The van der Waals surface area contributed by atoms with Crippen LogP contribution in [0.15, 0.2) is 0 Å². The summed E-state index contributed by atoms with van der Waals surface area (Å²) in [6.45, 7) is 4.77. The van der Waals surface area contributed by atoms with Gasteiger partial charge in [-0.25, -0.2) is 0 Å². The van der Waals surface area contributed by atoms with E-state index >= 15 is 0 Å². The minimum Gasteiger partial charge on any atom is -0.347 e. The minimum atomic E-state index is -3.40. The topological polar surface area (TPSA) is 61.8 Å². The summed E-state index contributed by atoms with van der Waals surface area (Å²) in [6.07, 6.45) is 2.47. The van der Waals surface area contributed by atoms with Gasteiger partial charge < -0.3 is 9.47 Å². The van der Waals surface area contributed by atoms with E-state index < -0.39 is 15.9 Å². The fraction of sp³-hybridized carbons (Fsp3) is 1.00. The molecule has 6 heteroatoms. The molecule has 94 valence electrons. The molecule has 0 aromatic rings. The molecule has 0 amide bonds. The predicted molar refractivity (Wildman–Crippen MR) is 57.4 cm³/mol. The molecule has 1 heterocycles. The summed E-state index contributed by atoms with van der Waals surface area (Å²) in [6, 6.07) is 0. The Bertz CT molecular complexity index is 365. The maximum Gasteiger partial charge on any atom is 0.264 e. The van der Waals surface area contributed by atoms with Crippen LogP contribution in [-0.4, -0.2) is 39.8 Å². The Morgan fingerprint density at radius 3 is 2.50 bits per heavy atom. The third-order valence-electron chi connectivity index (χ3n) is 2.88. The average molecular weight is 250 g/mol. The fourth-order valence-corrected chi connectivity index (χ4v) is 2.89. The molecule has 1 saturated carbocycles. The van der Waals surface area contributed by atoms with Crippen LogP contribution in [0.1, 0.15) is 26.7 Å². The molecule has 0 bridgehead atoms. The molecule has 1 atom stereocenters. The van der Waals surface area contributed by atoms with Gasteiger partial charge in [0.2, 0.25) is 0 Å². The zero-order valence-electron chi connectivity index (χ0n) is 9.86. The Morgan fingerprint density at radius 1 is 1.38 bits per heavy atom. The van der Waals surface area contributed by atoms with Gasteiger partial charge >= 0.3 is 0 Å². The Morgan fingerprint density at radius 2 is 2.00 bits per heavy atom. The van der Waals surface area contributed by atoms with Crippen molar-refractivity contribution in [3.63, 3.8) is 0 Å². The van der Waals surface area contributed by atoms with Crippen molar-refractivity contribution >= 4 is 10.1 Å². The maximum absolute atomic E-state index is 10.8. The third-order valence-corrected chi connectivity index (χ3v) is 3.44. The van der Waals surface area contributed by atoms with E-state index in [1.807, 2.05) is 0 Å². The molecule has 1 saturated heterocycles. The molecule has 1 spiro atoms. The van der Waals surface area contributed by atoms with Crippen molar-refractivity contribution < 1.29 is 22.1 Å². The first-order valence-electron chi connectivity index (χ1n) is 5.36. The smallest absolute Gasteiger partial charge is 0.264 e. The summed E-state index contributed by atoms with van der Waals surface area (Å²) in [5, 5.41) is 0. The van der Waals surface area contributed by atoms with Crippen LogP contribution >= 0.6 is 0 Å². The van der Waals surface area contributed by atoms with Gasteiger partial charge in [-0.15, -0.1) is 0 Å². The highest BCUT2D eigenvalue weighted by Crippen LogP contribution is 2.53. The Labute approximate surface area is 96.2 Å². The summed E-state index contributed by atoms with van der Waals surface area (Å²) in [5.74, 6) is -0.477. The van der Waals surface area contributed by atoms with E-state index in [-0.39, 0.29) is 18.1 Å². The molecule has 0 radical (unpaired) electrons. The minimum absolute atomic E-state index is 0.0427. The lowest BCUT2D eigenvalue weighted by Crippen LogP contribution is -2.50. The fourth-order valence-electron chi connectivity index (χ4n) is 2.49. The van der Waals surface area contributed by atoms with Gasteiger partial charge in [0.1, 0.15) is 6.10 Å². The molecule has 5 nitrogen and oxygen atoms in total. The molecule has 1 unspecified atom stereocenters. The number of rotatable bonds is 3. The van der Waals surface area contributed by atoms with Crippen LogP contribution in [-0.2, 0) is 23.8 Å². The van der Waals surface area contributed by atoms with Crippen LogP contribution in [0.4, 0.5) is 0 Å². The molecule has 0 N–H and O–H groups in total. The number of ether oxygens (including phenoxy) is 2. The Balaban J connectivity index is 1.81. The molecule has 1 aliphatic carbocycles. The number of hydrogen-bond acceptors (Lipinski definition) is 5. The lowest BCUT2D eigenvalue weighted by molar-refractivity contribution is -0.262. The quantitative estimate of drug-likeness (QED) is 0.696. The van der Waals surface area contributed by atoms with Crippen molar-refractivity contribution in [3.8, 4) is 0 Å². The molecule has 2 aliphatic rings. The van der Waals surface area contributed by atoms with Crippen molar-refractivity contribution in [2.45, 2.75) is 38.6 Å². The first-order valence-corrected chi connectivity index (χ1v) is 7.18. The van der Waals surface area contributed by atoms with Crippen LogP contribution in [0.5, 0.6) is 0 Å². The second kappa shape index (κ2) is 3.66. The molecule has 2 rings (SSSR count). The van der Waals surface area contributed by atoms with E-state index in [2.05, 4.69) is 13.8 Å². The molecule has 1 aliphatic heterocycles. The summed E-state index contributed by atoms with van der Waals surface area (Å²) >= 11 is 0. The van der Waals surface area contributed by atoms with Crippen molar-refractivity contribution in [2.24, 2.45) is 5.41 Å². The highest BCUT2D eigenvalue weighted by Gasteiger charge is 2.55. The second-order valence-electron chi connectivity index (χ2n) is 5.47. The summed E-state index contributed by atoms with van der Waals surface area (Å²) in [7, 11) is -3.40. The van der Waals surface area contributed by atoms with Gasteiger partial charge in [0.25, 0.3) is 10.1 Å². The van der Waals surface area contributed by atoms with E-state index in [1.54, 1.807) is 0 Å². The first-order chi connectivity index (χ1) is 7.20. The molecule has 0 aromatic carbocycles. The summed E-state index contributed by atoms with van der Waals surface area (Å²) in [4.78, 5) is 0. The van der Waals surface area contributed by atoms with Crippen LogP contribution in [0.2, 0.25) is 0 Å². The van der Waals surface area contributed by atoms with Crippen LogP contribution < -0.4 is 0 Å². The summed E-state index contributed by atoms with van der Waals surface area (Å²) < 4.78 is 37.6. The first kappa shape index (κ1) is 12.3. The van der Waals surface area contributed by atoms with Gasteiger partial charge in [0, 0.05) is 12.8 Å². The van der Waals surface area contributed by atoms with Crippen LogP contribution in [0.25, 0.3) is 0 Å². The average Bonchev–Trinajstić information content (AvgIpc) is 2.41. The van der Waals surface area contributed by atoms with Crippen molar-refractivity contribution in [1.29, 1.82) is 0 Å². The van der Waals surface area contributed by atoms with Gasteiger partial charge in [-0.1, -0.05) is 13.8 Å². The SMILES string of the molecule is CC1(C)CC2(C1)OCC(COS(C)(=O)=O)O2. The van der Waals surface area contributed by atoms with E-state index in [1.165, 1.54) is 0 Å². The van der Waals surface area contributed by atoms with Gasteiger partial charge in [-0.2, -0.15) is 8.42 Å². The van der Waals surface area contributed by atoms with E-state index in [4.69, 9.17) is 13.7 Å². The van der Waals surface area contributed by atoms with E-state index in [0.29, 0.717) is 6.61 Å². The monoisotopic (exact) mass is 250 g/mol. The third kappa shape index (κ3) is 2.74. The largest absolute Gasteiger partial charge is 0.347 e. The van der Waals surface area contributed by atoms with E-state index in [0.717, 1.165) is 19.1 Å². The predicted octanol–water partition coefficient (Wildman–Crippen LogP) is 0.894. The van der Waals surface area contributed by atoms with Gasteiger partial charge in [-0.3, -0.25) is 4.18 Å². The van der Waals surface area contributed by atoms with Crippen molar-refractivity contribution in [1.82, 2.24) is 0 Å². The van der Waals surface area contributed by atoms with Gasteiger partial charge in [-0.05, 0) is 5.41 Å². The second-order valence-corrected chi connectivity index (χ2v) is 7.11. The maximum atomic E-state index is 10.8. The van der Waals surface area contributed by atoms with Crippen molar-refractivity contribution in [2.75, 3.05) is 19.5 Å². The van der Waals surface area contributed by atoms with Crippen LogP contribution in [0, 0.1) is 5.41 Å². The molecule has 16 heavy (non-hydrogen) atoms. The highest BCUT2D eigenvalue weighted by atomic mass is 32.2. The lowest BCUT2D eigenvalue weighted by atomic mass is 9.67. The molecule has 2 fully saturated rings. The van der Waals surface area contributed by atoms with Gasteiger partial charge in [0.05, 0.1) is 19.5 Å². The molecule has 0 aromatic heterocycles. The zero-order chi connectivity index (χ0) is 12.0.